The van der Waals surface area contributed by atoms with E-state index in [0.29, 0.717) is 17.9 Å². The van der Waals surface area contributed by atoms with Gasteiger partial charge in [0, 0.05) is 86.2 Å². The Balaban J connectivity index is 1.53. The Kier molecular flexibility index (Phi) is 7.94. The van der Waals surface area contributed by atoms with Crippen molar-refractivity contribution in [2.75, 3.05) is 75.0 Å². The molecule has 0 amide bonds. The summed E-state index contributed by atoms with van der Waals surface area (Å²) in [5.41, 5.74) is 7.97. The molecule has 0 aliphatic carbocycles. The lowest BCUT2D eigenvalue weighted by Crippen LogP contribution is -2.42. The summed E-state index contributed by atoms with van der Waals surface area (Å²) in [6, 6.07) is 17.4. The van der Waals surface area contributed by atoms with Crippen molar-refractivity contribution in [2.24, 2.45) is 0 Å². The second-order valence-corrected chi connectivity index (χ2v) is 12.3. The fraction of sp³-hybridized carbons (Fsp3) is 0.382. The van der Waals surface area contributed by atoms with E-state index < -0.39 is 0 Å². The molecule has 10 nitrogen and oxygen atoms in total. The van der Waals surface area contributed by atoms with Gasteiger partial charge in [-0.05, 0) is 95.4 Å². The first-order valence-electron chi connectivity index (χ1n) is 15.2. The fourth-order valence-corrected chi connectivity index (χ4v) is 6.15. The number of aryl methyl sites for hydroxylation is 2. The van der Waals surface area contributed by atoms with Gasteiger partial charge in [0.25, 0.3) is 0 Å². The van der Waals surface area contributed by atoms with E-state index in [4.69, 9.17) is 19.9 Å². The van der Waals surface area contributed by atoms with Crippen molar-refractivity contribution in [1.82, 2.24) is 29.8 Å². The van der Waals surface area contributed by atoms with Crippen LogP contribution in [0.3, 0.4) is 0 Å². The van der Waals surface area contributed by atoms with Gasteiger partial charge in [-0.15, -0.1) is 0 Å². The van der Waals surface area contributed by atoms with Crippen molar-refractivity contribution in [3.63, 3.8) is 0 Å². The molecule has 0 spiro atoms. The zero-order valence-electron chi connectivity index (χ0n) is 27.1. The van der Waals surface area contributed by atoms with E-state index in [1.54, 1.807) is 6.33 Å². The van der Waals surface area contributed by atoms with Crippen LogP contribution in [0.25, 0.3) is 21.8 Å². The van der Waals surface area contributed by atoms with Gasteiger partial charge in [0.1, 0.15) is 6.33 Å². The van der Waals surface area contributed by atoms with Crippen LogP contribution in [-0.4, -0.2) is 91.2 Å². The number of pyridine rings is 2. The maximum Gasteiger partial charge on any atom is 0.239 e. The maximum absolute atomic E-state index is 5.09. The first kappa shape index (κ1) is 29.5. The molecule has 1 aliphatic rings. The average molecular weight is 591 g/mol. The van der Waals surface area contributed by atoms with E-state index in [9.17, 15) is 0 Å². The lowest BCUT2D eigenvalue weighted by atomic mass is 10.0. The zero-order chi connectivity index (χ0) is 31.1. The molecule has 44 heavy (non-hydrogen) atoms. The number of fused-ring (bicyclic) bond motifs is 2. The summed E-state index contributed by atoms with van der Waals surface area (Å²) in [6.45, 7) is 6.20. The van der Waals surface area contributed by atoms with Gasteiger partial charge >= 0.3 is 0 Å². The normalized spacial score (nSPS) is 14.3. The van der Waals surface area contributed by atoms with Crippen LogP contribution in [0.2, 0.25) is 0 Å². The highest BCUT2D eigenvalue weighted by molar-refractivity contribution is 5.98. The van der Waals surface area contributed by atoms with Crippen LogP contribution in [0, 0.1) is 13.8 Å². The smallest absolute Gasteiger partial charge is 0.239 e. The molecule has 0 unspecified atom stereocenters. The Labute approximate surface area is 260 Å². The molecule has 3 aromatic heterocycles. The molecular weight excluding hydrogens is 548 g/mol. The number of aromatic nitrogens is 5. The van der Waals surface area contributed by atoms with Crippen LogP contribution in [0.1, 0.15) is 24.2 Å². The van der Waals surface area contributed by atoms with Crippen molar-refractivity contribution in [1.29, 1.82) is 0 Å². The number of piperidine rings is 1. The molecule has 0 saturated carbocycles. The monoisotopic (exact) mass is 590 g/mol. The van der Waals surface area contributed by atoms with Gasteiger partial charge in [0.2, 0.25) is 11.9 Å². The quantitative estimate of drug-likeness (QED) is 0.235. The van der Waals surface area contributed by atoms with Crippen LogP contribution in [0.15, 0.2) is 54.9 Å². The molecule has 1 fully saturated rings. The predicted molar refractivity (Wildman–Crippen MR) is 182 cm³/mol. The summed E-state index contributed by atoms with van der Waals surface area (Å²) in [4.78, 5) is 35.1. The Morgan fingerprint density at radius 3 is 1.66 bits per heavy atom. The number of likely N-dealkylation sites (tertiary alicyclic amines) is 1. The van der Waals surface area contributed by atoms with E-state index in [1.165, 1.54) is 0 Å². The molecule has 1 saturated heterocycles. The Hall–Kier alpha value is -4.57. The highest BCUT2D eigenvalue weighted by atomic mass is 15.3. The van der Waals surface area contributed by atoms with Crippen molar-refractivity contribution >= 4 is 56.5 Å². The highest BCUT2D eigenvalue weighted by Gasteiger charge is 2.25. The van der Waals surface area contributed by atoms with Gasteiger partial charge in [-0.1, -0.05) is 0 Å². The molecule has 2 aromatic carbocycles. The highest BCUT2D eigenvalue weighted by Crippen LogP contribution is 2.39. The van der Waals surface area contributed by atoms with Crippen LogP contribution in [0.4, 0.5) is 34.6 Å². The van der Waals surface area contributed by atoms with Crippen LogP contribution < -0.4 is 19.6 Å². The number of hydrogen-bond donors (Lipinski definition) is 0. The summed E-state index contributed by atoms with van der Waals surface area (Å²) in [7, 11) is 12.5. The lowest BCUT2D eigenvalue weighted by molar-refractivity contribution is 0.252. The number of rotatable bonds is 7. The van der Waals surface area contributed by atoms with E-state index in [1.807, 2.05) is 13.8 Å². The van der Waals surface area contributed by atoms with E-state index in [0.717, 1.165) is 81.9 Å². The van der Waals surface area contributed by atoms with Crippen LogP contribution in [0.5, 0.6) is 0 Å². The Bertz CT molecular complexity index is 1710. The minimum Gasteiger partial charge on any atom is -0.377 e. The van der Waals surface area contributed by atoms with Gasteiger partial charge in [-0.3, -0.25) is 14.9 Å². The molecule has 10 heteroatoms. The molecule has 6 rings (SSSR count). The van der Waals surface area contributed by atoms with Crippen LogP contribution >= 0.6 is 0 Å². The van der Waals surface area contributed by atoms with Gasteiger partial charge < -0.3 is 19.6 Å². The van der Waals surface area contributed by atoms with E-state index in [-0.39, 0.29) is 0 Å². The van der Waals surface area contributed by atoms with Crippen LogP contribution in [-0.2, 0) is 0 Å². The average Bonchev–Trinajstić information content (AvgIpc) is 3.00. The Morgan fingerprint density at radius 1 is 0.659 bits per heavy atom. The number of hydrogen-bond acceptors (Lipinski definition) is 10. The molecular formula is C34H42N10. The molecule has 4 heterocycles. The third-order valence-electron chi connectivity index (χ3n) is 8.57. The SMILES string of the molecule is Cc1cc(N(C)C)c2cc(N(c3ccc4nc(C)cc(N(C)C)c4c3)c3ncnc(N(C)C4CCN(C)CC4)n3)ccc2n1. The minimum atomic E-state index is 0.380. The van der Waals surface area contributed by atoms with Gasteiger partial charge in [0.05, 0.1) is 11.0 Å². The fourth-order valence-electron chi connectivity index (χ4n) is 6.15. The van der Waals surface area contributed by atoms with Gasteiger partial charge in [-0.2, -0.15) is 4.98 Å². The van der Waals surface area contributed by atoms with Crippen molar-refractivity contribution in [2.45, 2.75) is 32.7 Å². The summed E-state index contributed by atoms with van der Waals surface area (Å²) in [5, 5.41) is 2.13. The standard InChI is InChI=1S/C34H42N10/c1-22-17-31(40(3)4)27-19-25(9-11-29(27)37-22)44(26-10-12-30-28(20-26)32(41(5)6)18-23(2)38-30)34-36-21-35-33(39-34)43(8)24-13-15-42(7)16-14-24/h9-12,17-21,24H,13-16H2,1-8H3. The van der Waals surface area contributed by atoms with Gasteiger partial charge in [0.15, 0.2) is 0 Å². The lowest BCUT2D eigenvalue weighted by Gasteiger charge is -2.35. The van der Waals surface area contributed by atoms with E-state index >= 15 is 0 Å². The molecule has 0 atom stereocenters. The molecule has 1 aliphatic heterocycles. The third kappa shape index (κ3) is 5.69. The number of benzene rings is 2. The first-order chi connectivity index (χ1) is 21.1. The van der Waals surface area contributed by atoms with E-state index in [2.05, 4.69) is 120 Å². The summed E-state index contributed by atoms with van der Waals surface area (Å²) < 4.78 is 0. The third-order valence-corrected chi connectivity index (χ3v) is 8.57. The van der Waals surface area contributed by atoms with Gasteiger partial charge in [-0.25, -0.2) is 9.97 Å². The summed E-state index contributed by atoms with van der Waals surface area (Å²) >= 11 is 0. The van der Waals surface area contributed by atoms with Crippen molar-refractivity contribution in [3.05, 3.63) is 66.2 Å². The number of anilines is 6. The zero-order valence-corrected chi connectivity index (χ0v) is 27.1. The minimum absolute atomic E-state index is 0.380. The molecule has 228 valence electrons. The maximum atomic E-state index is 5.09. The summed E-state index contributed by atoms with van der Waals surface area (Å²) in [6.07, 6.45) is 3.78. The molecule has 0 bridgehead atoms. The summed E-state index contributed by atoms with van der Waals surface area (Å²) in [5.74, 6) is 1.24. The first-order valence-corrected chi connectivity index (χ1v) is 15.2. The second kappa shape index (κ2) is 11.8. The number of nitrogens with zero attached hydrogens (tertiary/aromatic N) is 10. The Morgan fingerprint density at radius 2 is 1.16 bits per heavy atom. The molecule has 5 aromatic rings. The van der Waals surface area contributed by atoms with Crippen molar-refractivity contribution in [3.8, 4) is 0 Å². The largest absolute Gasteiger partial charge is 0.377 e. The molecule has 0 N–H and O–H groups in total. The van der Waals surface area contributed by atoms with Crippen molar-refractivity contribution < 1.29 is 0 Å². The molecule has 0 radical (unpaired) electrons. The second-order valence-electron chi connectivity index (χ2n) is 12.3. The topological polar surface area (TPSA) is 80.7 Å². The predicted octanol–water partition coefficient (Wildman–Crippen LogP) is 5.72.